The Labute approximate surface area is 189 Å². The molecular formula is C26H18BBrN3. The van der Waals surface area contributed by atoms with Crippen molar-refractivity contribution in [3.63, 3.8) is 0 Å². The number of aryl methyl sites for hydroxylation is 1. The second kappa shape index (κ2) is 7.28. The molecule has 3 nitrogen and oxygen atoms in total. The van der Waals surface area contributed by atoms with Crippen molar-refractivity contribution < 1.29 is 0 Å². The van der Waals surface area contributed by atoms with Gasteiger partial charge in [0.05, 0.1) is 16.9 Å². The van der Waals surface area contributed by atoms with Gasteiger partial charge in [0.15, 0.2) is 0 Å². The fraction of sp³-hybridized carbons (Fsp3) is 0.115. The lowest BCUT2D eigenvalue weighted by molar-refractivity contribution is 1.01. The predicted octanol–water partition coefficient (Wildman–Crippen LogP) is 6.14. The molecule has 147 valence electrons. The standard InChI is InChI=1S/C26H18BBrN3/c1-27-26-30-24-20(25(28)31-26)12-10-15-11-13-21(29-23(15)24)22-18-8-4-2-6-16(18)14-17-7-3-5-9-19(17)22/h2-10,12,14H,11,13H2,1H3. The monoisotopic (exact) mass is 462 g/mol. The minimum absolute atomic E-state index is 0.714. The lowest BCUT2D eigenvalue weighted by Crippen LogP contribution is -2.20. The number of nitrogens with zero attached hydrogens (tertiary/aromatic N) is 3. The van der Waals surface area contributed by atoms with E-state index in [4.69, 9.17) is 9.98 Å². The van der Waals surface area contributed by atoms with E-state index in [2.05, 4.69) is 87.6 Å². The molecule has 0 amide bonds. The number of halogens is 1. The number of rotatable bonds is 2. The summed E-state index contributed by atoms with van der Waals surface area (Å²) in [6.45, 7) is 1.96. The van der Waals surface area contributed by atoms with Gasteiger partial charge < -0.3 is 0 Å². The van der Waals surface area contributed by atoms with E-state index in [9.17, 15) is 0 Å². The Balaban J connectivity index is 1.68. The average Bonchev–Trinajstić information content (AvgIpc) is 2.82. The smallest absolute Gasteiger partial charge is 0.201 e. The third-order valence-corrected chi connectivity index (χ3v) is 6.70. The van der Waals surface area contributed by atoms with Crippen LogP contribution < -0.4 is 5.72 Å². The molecule has 5 heteroatoms. The van der Waals surface area contributed by atoms with E-state index in [-0.39, 0.29) is 0 Å². The fourth-order valence-electron chi connectivity index (χ4n) is 4.61. The molecule has 0 unspecified atom stereocenters. The van der Waals surface area contributed by atoms with Crippen LogP contribution in [0.1, 0.15) is 17.5 Å². The number of aliphatic imine (C=N–C) groups is 1. The van der Waals surface area contributed by atoms with Crippen molar-refractivity contribution in [2.75, 3.05) is 0 Å². The largest absolute Gasteiger partial charge is 0.250 e. The molecule has 0 saturated heterocycles. The van der Waals surface area contributed by atoms with Crippen molar-refractivity contribution in [1.82, 2.24) is 9.97 Å². The van der Waals surface area contributed by atoms with Gasteiger partial charge in [-0.3, -0.25) is 4.99 Å². The van der Waals surface area contributed by atoms with Gasteiger partial charge in [0.1, 0.15) is 4.60 Å². The van der Waals surface area contributed by atoms with Gasteiger partial charge in [0.2, 0.25) is 7.28 Å². The summed E-state index contributed by atoms with van der Waals surface area (Å²) in [5.41, 5.74) is 6.21. The van der Waals surface area contributed by atoms with Crippen LogP contribution in [0, 0.1) is 0 Å². The molecule has 1 aromatic heterocycles. The highest BCUT2D eigenvalue weighted by atomic mass is 79.9. The number of fused-ring (bicyclic) bond motifs is 5. The molecule has 31 heavy (non-hydrogen) atoms. The summed E-state index contributed by atoms with van der Waals surface area (Å²) < 4.78 is 0.811. The molecule has 0 atom stereocenters. The Kier molecular flexibility index (Phi) is 4.39. The van der Waals surface area contributed by atoms with Gasteiger partial charge in [-0.2, -0.15) is 0 Å². The summed E-state index contributed by atoms with van der Waals surface area (Å²) in [7, 11) is 1.93. The van der Waals surface area contributed by atoms with Gasteiger partial charge in [-0.15, -0.1) is 0 Å². The van der Waals surface area contributed by atoms with E-state index in [0.29, 0.717) is 5.72 Å². The molecule has 0 bridgehead atoms. The lowest BCUT2D eigenvalue weighted by Gasteiger charge is -2.20. The second-order valence-electron chi connectivity index (χ2n) is 7.88. The van der Waals surface area contributed by atoms with Crippen molar-refractivity contribution >= 4 is 72.8 Å². The van der Waals surface area contributed by atoms with Crippen LogP contribution in [0.2, 0.25) is 6.82 Å². The topological polar surface area (TPSA) is 38.1 Å². The van der Waals surface area contributed by atoms with E-state index in [0.717, 1.165) is 39.7 Å². The normalized spacial score (nSPS) is 13.4. The lowest BCUT2D eigenvalue weighted by atomic mass is 9.81. The van der Waals surface area contributed by atoms with Gasteiger partial charge in [-0.1, -0.05) is 61.4 Å². The summed E-state index contributed by atoms with van der Waals surface area (Å²) in [6, 6.07) is 23.8. The van der Waals surface area contributed by atoms with Gasteiger partial charge >= 0.3 is 0 Å². The maximum atomic E-state index is 5.25. The number of hydrogen-bond donors (Lipinski definition) is 0. The second-order valence-corrected chi connectivity index (χ2v) is 8.63. The van der Waals surface area contributed by atoms with Crippen LogP contribution in [0.3, 0.4) is 0 Å². The van der Waals surface area contributed by atoms with E-state index in [1.165, 1.54) is 32.7 Å². The number of benzene rings is 4. The highest BCUT2D eigenvalue weighted by Crippen LogP contribution is 2.38. The van der Waals surface area contributed by atoms with Crippen LogP contribution in [-0.2, 0) is 6.42 Å². The van der Waals surface area contributed by atoms with Gasteiger partial charge in [-0.25, -0.2) is 9.97 Å². The first-order valence-corrected chi connectivity index (χ1v) is 11.3. The Morgan fingerprint density at radius 2 is 1.52 bits per heavy atom. The zero-order valence-corrected chi connectivity index (χ0v) is 18.6. The Hall–Kier alpha value is -3.05. The molecule has 1 aliphatic rings. The molecule has 1 radical (unpaired) electrons. The van der Waals surface area contributed by atoms with Gasteiger partial charge in [0.25, 0.3) is 0 Å². The van der Waals surface area contributed by atoms with Crippen LogP contribution in [0.25, 0.3) is 32.4 Å². The highest BCUT2D eigenvalue weighted by Gasteiger charge is 2.21. The van der Waals surface area contributed by atoms with Crippen LogP contribution in [0.15, 0.2) is 76.3 Å². The van der Waals surface area contributed by atoms with E-state index < -0.39 is 0 Å². The summed E-state index contributed by atoms with van der Waals surface area (Å²) >= 11 is 3.62. The molecule has 2 heterocycles. The Morgan fingerprint density at radius 1 is 0.806 bits per heavy atom. The molecule has 4 aromatic carbocycles. The first kappa shape index (κ1) is 18.7. The van der Waals surface area contributed by atoms with Crippen LogP contribution in [0.5, 0.6) is 0 Å². The third kappa shape index (κ3) is 2.99. The minimum atomic E-state index is 0.714. The maximum absolute atomic E-state index is 5.25. The average molecular weight is 463 g/mol. The number of hydrogen-bond acceptors (Lipinski definition) is 3. The van der Waals surface area contributed by atoms with Crippen LogP contribution in [0.4, 0.5) is 5.69 Å². The summed E-state index contributed by atoms with van der Waals surface area (Å²) in [5, 5.41) is 5.99. The SMILES string of the molecule is C[B]c1nc(Br)c2ccc3c(c2n1)N=C(c1c2ccccc2cc2ccccc12)CC3. The summed E-state index contributed by atoms with van der Waals surface area (Å²) in [5.74, 6) is 0. The minimum Gasteiger partial charge on any atom is -0.250 e. The molecule has 0 fully saturated rings. The van der Waals surface area contributed by atoms with Crippen molar-refractivity contribution in [1.29, 1.82) is 0 Å². The molecule has 0 spiro atoms. The third-order valence-electron chi connectivity index (χ3n) is 6.09. The molecule has 0 aliphatic carbocycles. The van der Waals surface area contributed by atoms with Gasteiger partial charge in [0, 0.05) is 16.7 Å². The molecule has 0 N–H and O–H groups in total. The Bertz CT molecular complexity index is 1490. The maximum Gasteiger partial charge on any atom is 0.201 e. The first-order chi connectivity index (χ1) is 15.2. The van der Waals surface area contributed by atoms with E-state index in [1.807, 2.05) is 14.1 Å². The van der Waals surface area contributed by atoms with Crippen LogP contribution >= 0.6 is 15.9 Å². The fourth-order valence-corrected chi connectivity index (χ4v) is 5.11. The predicted molar refractivity (Wildman–Crippen MR) is 134 cm³/mol. The quantitative estimate of drug-likeness (QED) is 0.179. The zero-order chi connectivity index (χ0) is 20.9. The molecular weight excluding hydrogens is 445 g/mol. The summed E-state index contributed by atoms with van der Waals surface area (Å²) in [6.07, 6.45) is 1.87. The number of aromatic nitrogens is 2. The zero-order valence-electron chi connectivity index (χ0n) is 17.1. The highest BCUT2D eigenvalue weighted by molar-refractivity contribution is 9.10. The molecule has 1 aliphatic heterocycles. The molecule has 5 aromatic rings. The van der Waals surface area contributed by atoms with Crippen LogP contribution in [-0.4, -0.2) is 23.0 Å². The van der Waals surface area contributed by atoms with E-state index in [1.54, 1.807) is 0 Å². The molecule has 0 saturated carbocycles. The van der Waals surface area contributed by atoms with E-state index >= 15 is 0 Å². The first-order valence-electron chi connectivity index (χ1n) is 10.5. The van der Waals surface area contributed by atoms with Crippen molar-refractivity contribution in [2.24, 2.45) is 4.99 Å². The molecule has 6 rings (SSSR count). The van der Waals surface area contributed by atoms with Crippen molar-refractivity contribution in [2.45, 2.75) is 19.7 Å². The van der Waals surface area contributed by atoms with Crippen molar-refractivity contribution in [3.8, 4) is 0 Å². The Morgan fingerprint density at radius 3 is 2.23 bits per heavy atom. The van der Waals surface area contributed by atoms with Crippen molar-refractivity contribution in [3.05, 3.63) is 82.5 Å². The van der Waals surface area contributed by atoms with Gasteiger partial charge in [-0.05, 0) is 68.0 Å². The summed E-state index contributed by atoms with van der Waals surface area (Å²) in [4.78, 5) is 14.6.